The zero-order chi connectivity index (χ0) is 20.5. The molecule has 0 unspecified atom stereocenters. The summed E-state index contributed by atoms with van der Waals surface area (Å²) in [5.74, 6) is -0.632. The number of carbonyl (C=O) groups excluding carboxylic acids is 1. The van der Waals surface area contributed by atoms with Crippen molar-refractivity contribution in [3.8, 4) is 0 Å². The Balaban J connectivity index is 2.05. The normalized spacial score (nSPS) is 11.6. The van der Waals surface area contributed by atoms with Crippen molar-refractivity contribution in [2.24, 2.45) is 0 Å². The highest BCUT2D eigenvalue weighted by Crippen LogP contribution is 2.30. The first kappa shape index (κ1) is 19.7. The van der Waals surface area contributed by atoms with Gasteiger partial charge >= 0.3 is 6.18 Å². The first-order chi connectivity index (χ1) is 13.2. The van der Waals surface area contributed by atoms with E-state index in [0.717, 1.165) is 17.7 Å². The lowest BCUT2D eigenvalue weighted by Crippen LogP contribution is -2.29. The lowest BCUT2D eigenvalue weighted by Gasteiger charge is -2.15. The van der Waals surface area contributed by atoms with E-state index < -0.39 is 17.6 Å². The SMILES string of the molecule is CCCn1c(C(=O)Nc2cccc(C(F)(F)F)c2)cc2ccc(C)cc2c1=O. The minimum atomic E-state index is -4.51. The van der Waals surface area contributed by atoms with E-state index in [9.17, 15) is 22.8 Å². The maximum Gasteiger partial charge on any atom is 0.416 e. The zero-order valence-corrected chi connectivity index (χ0v) is 15.4. The van der Waals surface area contributed by atoms with Crippen LogP contribution in [-0.2, 0) is 12.7 Å². The fraction of sp³-hybridized carbons (Fsp3) is 0.238. The molecule has 0 radical (unpaired) electrons. The molecule has 1 aromatic heterocycles. The summed E-state index contributed by atoms with van der Waals surface area (Å²) < 4.78 is 40.0. The number of carbonyl (C=O) groups is 1. The Morgan fingerprint density at radius 1 is 1.11 bits per heavy atom. The van der Waals surface area contributed by atoms with Crippen LogP contribution in [0, 0.1) is 6.92 Å². The van der Waals surface area contributed by atoms with E-state index in [1.54, 1.807) is 18.2 Å². The molecule has 2 aromatic carbocycles. The Hall–Kier alpha value is -3.09. The first-order valence-corrected chi connectivity index (χ1v) is 8.83. The molecule has 0 saturated carbocycles. The number of nitrogens with one attached hydrogen (secondary N) is 1. The van der Waals surface area contributed by atoms with Gasteiger partial charge in [0.25, 0.3) is 11.5 Å². The van der Waals surface area contributed by atoms with Gasteiger partial charge in [-0.25, -0.2) is 0 Å². The maximum absolute atomic E-state index is 12.9. The van der Waals surface area contributed by atoms with Crippen LogP contribution < -0.4 is 10.9 Å². The third kappa shape index (κ3) is 3.93. The third-order valence-electron chi connectivity index (χ3n) is 4.39. The van der Waals surface area contributed by atoms with Gasteiger partial charge in [-0.1, -0.05) is 30.7 Å². The lowest BCUT2D eigenvalue weighted by molar-refractivity contribution is -0.137. The van der Waals surface area contributed by atoms with Crippen molar-refractivity contribution in [1.29, 1.82) is 0 Å². The molecule has 1 amide bonds. The van der Waals surface area contributed by atoms with Gasteiger partial charge < -0.3 is 9.88 Å². The van der Waals surface area contributed by atoms with Gasteiger partial charge in [-0.2, -0.15) is 13.2 Å². The molecule has 4 nitrogen and oxygen atoms in total. The Labute approximate surface area is 159 Å². The number of hydrogen-bond donors (Lipinski definition) is 1. The van der Waals surface area contributed by atoms with Gasteiger partial charge in [0.1, 0.15) is 5.69 Å². The predicted octanol–water partition coefficient (Wildman–Crippen LogP) is 4.99. The van der Waals surface area contributed by atoms with Gasteiger partial charge in [-0.3, -0.25) is 9.59 Å². The minimum absolute atomic E-state index is 0.0133. The van der Waals surface area contributed by atoms with Crippen LogP contribution in [0.2, 0.25) is 0 Å². The number of hydrogen-bond acceptors (Lipinski definition) is 2. The van der Waals surface area contributed by atoms with Crippen LogP contribution >= 0.6 is 0 Å². The highest BCUT2D eigenvalue weighted by atomic mass is 19.4. The molecule has 0 aliphatic rings. The Bertz CT molecular complexity index is 1100. The van der Waals surface area contributed by atoms with E-state index in [1.807, 2.05) is 19.9 Å². The molecule has 1 heterocycles. The van der Waals surface area contributed by atoms with Crippen molar-refractivity contribution in [3.63, 3.8) is 0 Å². The number of benzene rings is 2. The van der Waals surface area contributed by atoms with Gasteiger partial charge in [-0.15, -0.1) is 0 Å². The van der Waals surface area contributed by atoms with Crippen molar-refractivity contribution in [3.05, 3.63) is 75.7 Å². The molecule has 0 spiro atoms. The highest BCUT2D eigenvalue weighted by Gasteiger charge is 2.30. The number of fused-ring (bicyclic) bond motifs is 1. The van der Waals surface area contributed by atoms with Gasteiger partial charge in [0.05, 0.1) is 5.56 Å². The lowest BCUT2D eigenvalue weighted by atomic mass is 10.1. The van der Waals surface area contributed by atoms with E-state index in [0.29, 0.717) is 23.7 Å². The molecule has 3 rings (SSSR count). The van der Waals surface area contributed by atoms with E-state index in [-0.39, 0.29) is 16.9 Å². The summed E-state index contributed by atoms with van der Waals surface area (Å²) in [6.45, 7) is 4.08. The topological polar surface area (TPSA) is 51.1 Å². The summed E-state index contributed by atoms with van der Waals surface area (Å²) in [7, 11) is 0. The summed E-state index contributed by atoms with van der Waals surface area (Å²) in [6, 6.07) is 11.3. The Kier molecular flexibility index (Phi) is 5.27. The maximum atomic E-state index is 12.9. The molecule has 0 aliphatic heterocycles. The fourth-order valence-corrected chi connectivity index (χ4v) is 3.06. The monoisotopic (exact) mass is 388 g/mol. The molecule has 7 heteroatoms. The van der Waals surface area contributed by atoms with Gasteiger partial charge in [0.2, 0.25) is 0 Å². The Morgan fingerprint density at radius 2 is 1.86 bits per heavy atom. The number of amides is 1. The van der Waals surface area contributed by atoms with Crippen molar-refractivity contribution in [2.45, 2.75) is 33.0 Å². The van der Waals surface area contributed by atoms with Crippen molar-refractivity contribution >= 4 is 22.4 Å². The number of aromatic nitrogens is 1. The second-order valence-corrected chi connectivity index (χ2v) is 6.61. The number of halogens is 3. The fourth-order valence-electron chi connectivity index (χ4n) is 3.06. The van der Waals surface area contributed by atoms with Gasteiger partial charge in [0, 0.05) is 17.6 Å². The number of alkyl halides is 3. The van der Waals surface area contributed by atoms with Crippen LogP contribution in [0.5, 0.6) is 0 Å². The molecule has 0 fully saturated rings. The predicted molar refractivity (Wildman–Crippen MR) is 103 cm³/mol. The molecule has 146 valence electrons. The molecule has 1 N–H and O–H groups in total. The summed E-state index contributed by atoms with van der Waals surface area (Å²) in [6.07, 6.45) is -3.88. The zero-order valence-electron chi connectivity index (χ0n) is 15.4. The number of nitrogens with zero attached hydrogens (tertiary/aromatic N) is 1. The molecule has 28 heavy (non-hydrogen) atoms. The average molecular weight is 388 g/mol. The second-order valence-electron chi connectivity index (χ2n) is 6.61. The van der Waals surface area contributed by atoms with E-state index in [1.165, 1.54) is 16.7 Å². The summed E-state index contributed by atoms with van der Waals surface area (Å²) in [5, 5.41) is 3.59. The van der Waals surface area contributed by atoms with Gasteiger partial charge in [0.15, 0.2) is 0 Å². The molecular formula is C21H19F3N2O2. The number of aryl methyl sites for hydroxylation is 1. The van der Waals surface area contributed by atoms with Crippen molar-refractivity contribution in [1.82, 2.24) is 4.57 Å². The second kappa shape index (κ2) is 7.50. The van der Waals surface area contributed by atoms with Crippen LogP contribution in [-0.4, -0.2) is 10.5 Å². The third-order valence-corrected chi connectivity index (χ3v) is 4.39. The molecular weight excluding hydrogens is 369 g/mol. The average Bonchev–Trinajstić information content (AvgIpc) is 2.64. The van der Waals surface area contributed by atoms with Crippen LogP contribution in [0.4, 0.5) is 18.9 Å². The minimum Gasteiger partial charge on any atom is -0.321 e. The van der Waals surface area contributed by atoms with E-state index in [4.69, 9.17) is 0 Å². The van der Waals surface area contributed by atoms with Crippen molar-refractivity contribution in [2.75, 3.05) is 5.32 Å². The summed E-state index contributed by atoms with van der Waals surface area (Å²) in [5.41, 5.74) is -0.101. The highest BCUT2D eigenvalue weighted by molar-refractivity contribution is 6.05. The smallest absolute Gasteiger partial charge is 0.321 e. The molecule has 0 bridgehead atoms. The van der Waals surface area contributed by atoms with Crippen LogP contribution in [0.3, 0.4) is 0 Å². The van der Waals surface area contributed by atoms with Crippen LogP contribution in [0.1, 0.15) is 35.0 Å². The molecule has 0 saturated heterocycles. The number of anilines is 1. The summed E-state index contributed by atoms with van der Waals surface area (Å²) in [4.78, 5) is 25.6. The molecule has 3 aromatic rings. The van der Waals surface area contributed by atoms with Crippen LogP contribution in [0.15, 0.2) is 53.3 Å². The van der Waals surface area contributed by atoms with Crippen molar-refractivity contribution < 1.29 is 18.0 Å². The number of rotatable bonds is 4. The Morgan fingerprint density at radius 3 is 2.54 bits per heavy atom. The standard InChI is InChI=1S/C21H19F3N2O2/c1-3-9-26-18(11-14-8-7-13(2)10-17(14)20(26)28)19(27)25-16-6-4-5-15(12-16)21(22,23)24/h4-8,10-12H,3,9H2,1-2H3,(H,25,27). The number of pyridine rings is 1. The largest absolute Gasteiger partial charge is 0.416 e. The van der Waals surface area contributed by atoms with Crippen LogP contribution in [0.25, 0.3) is 10.8 Å². The first-order valence-electron chi connectivity index (χ1n) is 8.83. The molecule has 0 aliphatic carbocycles. The quantitative estimate of drug-likeness (QED) is 0.685. The van der Waals surface area contributed by atoms with E-state index in [2.05, 4.69) is 5.32 Å². The molecule has 0 atom stereocenters. The van der Waals surface area contributed by atoms with E-state index >= 15 is 0 Å². The van der Waals surface area contributed by atoms with Gasteiger partial charge in [-0.05, 0) is 49.1 Å². The summed E-state index contributed by atoms with van der Waals surface area (Å²) >= 11 is 0.